The van der Waals surface area contributed by atoms with Crippen LogP contribution in [-0.4, -0.2) is 15.0 Å². The lowest BCUT2D eigenvalue weighted by atomic mass is 10.0. The largest absolute Gasteiger partial charge is 0.353 e. The number of rotatable bonds is 1. The maximum Gasteiger partial charge on any atom is 0.258 e. The van der Waals surface area contributed by atoms with Crippen LogP contribution in [0.1, 0.15) is 5.56 Å². The van der Waals surface area contributed by atoms with Crippen molar-refractivity contribution < 1.29 is 0 Å². The second kappa shape index (κ2) is 4.46. The zero-order valence-corrected chi connectivity index (χ0v) is 11.9. The van der Waals surface area contributed by atoms with Gasteiger partial charge in [0.05, 0.1) is 22.3 Å². The third-order valence-electron chi connectivity index (χ3n) is 3.96. The van der Waals surface area contributed by atoms with E-state index in [1.54, 1.807) is 12.1 Å². The Labute approximate surface area is 124 Å². The van der Waals surface area contributed by atoms with Crippen LogP contribution in [0.5, 0.6) is 0 Å². The number of H-pyrrole nitrogens is 3. The fraction of sp³-hybridized carbons (Fsp3) is 0.0588. The maximum absolute atomic E-state index is 12.5. The topological polar surface area (TPSA) is 81.5 Å². The van der Waals surface area contributed by atoms with E-state index in [4.69, 9.17) is 0 Å². The quantitative estimate of drug-likeness (QED) is 0.504. The van der Waals surface area contributed by atoms with Gasteiger partial charge >= 0.3 is 0 Å². The number of aromatic nitrogens is 3. The van der Waals surface area contributed by atoms with Crippen LogP contribution in [0, 0.1) is 6.92 Å². The minimum Gasteiger partial charge on any atom is -0.353 e. The van der Waals surface area contributed by atoms with Crippen molar-refractivity contribution in [2.24, 2.45) is 0 Å². The molecule has 1 aromatic carbocycles. The number of aromatic amines is 3. The number of nitrogens with one attached hydrogen (secondary N) is 3. The van der Waals surface area contributed by atoms with Crippen LogP contribution in [0.2, 0.25) is 0 Å². The van der Waals surface area contributed by atoms with Crippen molar-refractivity contribution in [1.82, 2.24) is 15.0 Å². The maximum atomic E-state index is 12.5. The van der Waals surface area contributed by atoms with Crippen molar-refractivity contribution in [3.05, 3.63) is 68.7 Å². The molecule has 3 aromatic heterocycles. The molecule has 22 heavy (non-hydrogen) atoms. The molecule has 0 fully saturated rings. The Kier molecular flexibility index (Phi) is 2.56. The molecule has 0 unspecified atom stereocenters. The number of hydrogen-bond acceptors (Lipinski definition) is 2. The molecular weight excluding hydrogens is 278 g/mol. The second-order valence-corrected chi connectivity index (χ2v) is 5.33. The van der Waals surface area contributed by atoms with Crippen LogP contribution < -0.4 is 11.1 Å². The molecule has 0 aliphatic heterocycles. The Hall–Kier alpha value is -3.08. The lowest BCUT2D eigenvalue weighted by molar-refractivity contribution is 1.26. The number of fused-ring (bicyclic) bond motifs is 2. The number of aryl methyl sites for hydroxylation is 1. The van der Waals surface area contributed by atoms with Crippen LogP contribution in [0.15, 0.2) is 52.1 Å². The Morgan fingerprint density at radius 2 is 1.64 bits per heavy atom. The summed E-state index contributed by atoms with van der Waals surface area (Å²) in [6.45, 7) is 1.93. The summed E-state index contributed by atoms with van der Waals surface area (Å²) in [5, 5.41) is 1.00. The highest BCUT2D eigenvalue weighted by molar-refractivity contribution is 5.90. The van der Waals surface area contributed by atoms with Gasteiger partial charge in [-0.3, -0.25) is 9.59 Å². The van der Waals surface area contributed by atoms with E-state index in [0.717, 1.165) is 22.0 Å². The van der Waals surface area contributed by atoms with Gasteiger partial charge in [-0.05, 0) is 30.7 Å². The van der Waals surface area contributed by atoms with Crippen LogP contribution in [-0.2, 0) is 0 Å². The second-order valence-electron chi connectivity index (χ2n) is 5.33. The molecule has 0 bridgehead atoms. The van der Waals surface area contributed by atoms with Gasteiger partial charge in [-0.1, -0.05) is 18.2 Å². The summed E-state index contributed by atoms with van der Waals surface area (Å²) in [6, 6.07) is 12.7. The first kappa shape index (κ1) is 12.6. The van der Waals surface area contributed by atoms with Crippen molar-refractivity contribution in [2.75, 3.05) is 0 Å². The smallest absolute Gasteiger partial charge is 0.258 e. The van der Waals surface area contributed by atoms with Crippen molar-refractivity contribution in [1.29, 1.82) is 0 Å². The molecule has 4 rings (SSSR count). The van der Waals surface area contributed by atoms with Gasteiger partial charge < -0.3 is 15.0 Å². The Morgan fingerprint density at radius 3 is 2.50 bits per heavy atom. The summed E-state index contributed by atoms with van der Waals surface area (Å²) >= 11 is 0. The van der Waals surface area contributed by atoms with Crippen LogP contribution in [0.4, 0.5) is 0 Å². The van der Waals surface area contributed by atoms with E-state index in [0.29, 0.717) is 16.8 Å². The average molecular weight is 291 g/mol. The first-order valence-corrected chi connectivity index (χ1v) is 6.97. The highest BCUT2D eigenvalue weighted by atomic mass is 16.1. The number of para-hydroxylation sites is 1. The highest BCUT2D eigenvalue weighted by Gasteiger charge is 2.13. The van der Waals surface area contributed by atoms with Gasteiger partial charge in [0.15, 0.2) is 0 Å². The van der Waals surface area contributed by atoms with E-state index in [9.17, 15) is 9.59 Å². The zero-order chi connectivity index (χ0) is 15.3. The Balaban J connectivity index is 2.07. The Morgan fingerprint density at radius 1 is 0.818 bits per heavy atom. The van der Waals surface area contributed by atoms with Crippen molar-refractivity contribution >= 4 is 21.9 Å². The number of pyridine rings is 2. The van der Waals surface area contributed by atoms with Gasteiger partial charge in [-0.2, -0.15) is 0 Å². The summed E-state index contributed by atoms with van der Waals surface area (Å²) in [6.07, 6.45) is 0. The van der Waals surface area contributed by atoms with Gasteiger partial charge in [-0.15, -0.1) is 0 Å². The van der Waals surface area contributed by atoms with Gasteiger partial charge in [0.25, 0.3) is 5.56 Å². The van der Waals surface area contributed by atoms with Crippen LogP contribution >= 0.6 is 0 Å². The third kappa shape index (κ3) is 1.79. The molecule has 3 heterocycles. The summed E-state index contributed by atoms with van der Waals surface area (Å²) in [5.74, 6) is 0. The molecule has 5 nitrogen and oxygen atoms in total. The molecule has 0 amide bonds. The van der Waals surface area contributed by atoms with Gasteiger partial charge in [0.2, 0.25) is 5.56 Å². The molecule has 0 spiro atoms. The predicted molar refractivity (Wildman–Crippen MR) is 87.2 cm³/mol. The highest BCUT2D eigenvalue weighted by Crippen LogP contribution is 2.26. The molecule has 0 aliphatic carbocycles. The predicted octanol–water partition coefficient (Wildman–Crippen LogP) is 2.67. The monoisotopic (exact) mass is 291 g/mol. The molecule has 3 N–H and O–H groups in total. The lowest BCUT2D eigenvalue weighted by Gasteiger charge is -2.07. The zero-order valence-electron chi connectivity index (χ0n) is 11.9. The minimum absolute atomic E-state index is 0.148. The van der Waals surface area contributed by atoms with Crippen LogP contribution in [0.25, 0.3) is 33.2 Å². The fourth-order valence-electron chi connectivity index (χ4n) is 2.91. The van der Waals surface area contributed by atoms with E-state index in [-0.39, 0.29) is 11.1 Å². The molecular formula is C17H13N3O2. The van der Waals surface area contributed by atoms with Crippen LogP contribution in [0.3, 0.4) is 0 Å². The normalized spacial score (nSPS) is 11.3. The van der Waals surface area contributed by atoms with E-state index in [2.05, 4.69) is 15.0 Å². The average Bonchev–Trinajstić information content (AvgIpc) is 2.89. The molecule has 5 heteroatoms. The summed E-state index contributed by atoms with van der Waals surface area (Å²) in [7, 11) is 0. The van der Waals surface area contributed by atoms with Gasteiger partial charge in [-0.25, -0.2) is 0 Å². The van der Waals surface area contributed by atoms with Gasteiger partial charge in [0, 0.05) is 17.0 Å². The molecule has 0 aliphatic rings. The number of benzene rings is 1. The number of hydrogen-bond donors (Lipinski definition) is 3. The SMILES string of the molecule is Cc1c(-c2cc3[nH]c(=O)ccc3[nH]2)c(=O)[nH]c2ccccc12. The molecule has 108 valence electrons. The molecule has 0 radical (unpaired) electrons. The fourth-order valence-corrected chi connectivity index (χ4v) is 2.91. The molecule has 0 atom stereocenters. The van der Waals surface area contributed by atoms with E-state index < -0.39 is 0 Å². The standard InChI is InChI=1S/C17H13N3O2/c1-9-10-4-2-3-5-11(10)20-17(22)16(9)14-8-13-12(18-14)6-7-15(21)19-13/h2-8,18H,1H3,(H,19,21)(H,20,22). The van der Waals surface area contributed by atoms with E-state index >= 15 is 0 Å². The third-order valence-corrected chi connectivity index (χ3v) is 3.96. The van der Waals surface area contributed by atoms with Crippen molar-refractivity contribution in [3.8, 4) is 11.3 Å². The summed E-state index contributed by atoms with van der Waals surface area (Å²) in [5.41, 5.74) is 4.19. The summed E-state index contributed by atoms with van der Waals surface area (Å²) in [4.78, 5) is 32.7. The first-order valence-electron chi connectivity index (χ1n) is 6.97. The van der Waals surface area contributed by atoms with Crippen molar-refractivity contribution in [3.63, 3.8) is 0 Å². The minimum atomic E-state index is -0.165. The Bertz CT molecular complexity index is 1130. The first-order chi connectivity index (χ1) is 10.6. The lowest BCUT2D eigenvalue weighted by Crippen LogP contribution is -2.11. The van der Waals surface area contributed by atoms with E-state index in [1.807, 2.05) is 31.2 Å². The molecule has 0 saturated carbocycles. The molecule has 4 aromatic rings. The van der Waals surface area contributed by atoms with Gasteiger partial charge in [0.1, 0.15) is 0 Å². The molecule has 0 saturated heterocycles. The summed E-state index contributed by atoms with van der Waals surface area (Å²) < 4.78 is 0. The van der Waals surface area contributed by atoms with Crippen molar-refractivity contribution in [2.45, 2.75) is 6.92 Å². The van der Waals surface area contributed by atoms with E-state index in [1.165, 1.54) is 6.07 Å².